The molecule has 0 bridgehead atoms. The predicted octanol–water partition coefficient (Wildman–Crippen LogP) is 3.02. The number of fused-ring (bicyclic) bond motifs is 1. The Kier molecular flexibility index (Phi) is 2.83. The van der Waals surface area contributed by atoms with Crippen LogP contribution in [0.2, 0.25) is 0 Å². The maximum atomic E-state index is 6.03. The second-order valence-corrected chi connectivity index (χ2v) is 4.71. The minimum absolute atomic E-state index is 0.157. The van der Waals surface area contributed by atoms with Gasteiger partial charge in [0.05, 0.1) is 6.10 Å². The van der Waals surface area contributed by atoms with E-state index < -0.39 is 0 Å². The Hall–Kier alpha value is -1.38. The van der Waals surface area contributed by atoms with Crippen molar-refractivity contribution in [1.29, 1.82) is 0 Å². The summed E-state index contributed by atoms with van der Waals surface area (Å²) < 4.78 is 5.86. The fourth-order valence-corrected chi connectivity index (χ4v) is 2.57. The third-order valence-electron chi connectivity index (χ3n) is 3.49. The third-order valence-corrected chi connectivity index (χ3v) is 3.49. The zero-order valence-electron chi connectivity index (χ0n) is 9.80. The van der Waals surface area contributed by atoms with Crippen molar-refractivity contribution in [1.82, 2.24) is 0 Å². The first-order valence-electron chi connectivity index (χ1n) is 6.19. The molecule has 2 unspecified atom stereocenters. The van der Waals surface area contributed by atoms with Crippen molar-refractivity contribution in [3.05, 3.63) is 48.0 Å². The van der Waals surface area contributed by atoms with E-state index in [4.69, 9.17) is 10.5 Å². The first-order valence-corrected chi connectivity index (χ1v) is 6.19. The zero-order chi connectivity index (χ0) is 11.7. The molecule has 0 saturated carbocycles. The first-order chi connectivity index (χ1) is 8.34. The molecular formula is C15H17NO. The highest BCUT2D eigenvalue weighted by atomic mass is 16.5. The fraction of sp³-hybridized carbons (Fsp3) is 0.333. The van der Waals surface area contributed by atoms with Crippen LogP contribution in [-0.4, -0.2) is 12.6 Å². The van der Waals surface area contributed by atoms with Crippen molar-refractivity contribution in [2.75, 3.05) is 6.61 Å². The van der Waals surface area contributed by atoms with E-state index in [1.54, 1.807) is 0 Å². The Labute approximate surface area is 101 Å². The molecule has 2 N–H and O–H groups in total. The van der Waals surface area contributed by atoms with E-state index in [1.165, 1.54) is 16.3 Å². The van der Waals surface area contributed by atoms with Gasteiger partial charge in [0.2, 0.25) is 0 Å². The lowest BCUT2D eigenvalue weighted by molar-refractivity contribution is 0.00755. The summed E-state index contributed by atoms with van der Waals surface area (Å²) in [4.78, 5) is 0. The van der Waals surface area contributed by atoms with Crippen LogP contribution in [0.3, 0.4) is 0 Å². The molecule has 0 radical (unpaired) electrons. The Morgan fingerprint density at radius 1 is 1.06 bits per heavy atom. The average molecular weight is 227 g/mol. The van der Waals surface area contributed by atoms with Crippen LogP contribution in [0.1, 0.15) is 24.5 Å². The lowest BCUT2D eigenvalue weighted by Gasteiger charge is -2.28. The summed E-state index contributed by atoms with van der Waals surface area (Å²) in [5.74, 6) is 0. The molecule has 2 aromatic rings. The van der Waals surface area contributed by atoms with Crippen LogP contribution < -0.4 is 5.73 Å². The van der Waals surface area contributed by atoms with Crippen LogP contribution in [-0.2, 0) is 4.74 Å². The van der Waals surface area contributed by atoms with Gasteiger partial charge < -0.3 is 10.5 Å². The van der Waals surface area contributed by atoms with Gasteiger partial charge in [0.15, 0.2) is 0 Å². The molecule has 1 aliphatic heterocycles. The predicted molar refractivity (Wildman–Crippen MR) is 69.9 cm³/mol. The van der Waals surface area contributed by atoms with Gasteiger partial charge >= 0.3 is 0 Å². The molecule has 88 valence electrons. The zero-order valence-corrected chi connectivity index (χ0v) is 9.80. The van der Waals surface area contributed by atoms with E-state index in [-0.39, 0.29) is 12.1 Å². The number of hydrogen-bond donors (Lipinski definition) is 1. The minimum atomic E-state index is 0.157. The van der Waals surface area contributed by atoms with Crippen molar-refractivity contribution >= 4 is 10.8 Å². The van der Waals surface area contributed by atoms with Crippen molar-refractivity contribution in [2.45, 2.75) is 25.0 Å². The first kappa shape index (κ1) is 10.8. The summed E-state index contributed by atoms with van der Waals surface area (Å²) in [7, 11) is 0. The van der Waals surface area contributed by atoms with Crippen molar-refractivity contribution in [2.24, 2.45) is 5.73 Å². The van der Waals surface area contributed by atoms with Gasteiger partial charge in [-0.1, -0.05) is 42.5 Å². The van der Waals surface area contributed by atoms with Gasteiger partial charge in [-0.15, -0.1) is 0 Å². The smallest absolute Gasteiger partial charge is 0.0845 e. The van der Waals surface area contributed by atoms with Crippen LogP contribution in [0.4, 0.5) is 0 Å². The molecule has 0 aromatic heterocycles. The molecule has 2 aromatic carbocycles. The maximum absolute atomic E-state index is 6.03. The molecule has 0 aliphatic carbocycles. The molecule has 3 rings (SSSR count). The lowest BCUT2D eigenvalue weighted by Crippen LogP contribution is -2.30. The molecule has 2 heteroatoms. The molecule has 2 nitrogen and oxygen atoms in total. The van der Waals surface area contributed by atoms with Crippen LogP contribution in [0.25, 0.3) is 10.8 Å². The van der Waals surface area contributed by atoms with Crippen LogP contribution in [0, 0.1) is 0 Å². The molecule has 2 atom stereocenters. The molecular weight excluding hydrogens is 210 g/mol. The Morgan fingerprint density at radius 2 is 1.88 bits per heavy atom. The number of rotatable bonds is 1. The molecule has 1 saturated heterocycles. The normalized spacial score (nSPS) is 25.0. The molecule has 0 amide bonds. The minimum Gasteiger partial charge on any atom is -0.373 e. The highest BCUT2D eigenvalue weighted by Crippen LogP contribution is 2.32. The highest BCUT2D eigenvalue weighted by molar-refractivity contribution is 5.86. The number of nitrogens with two attached hydrogens (primary N) is 1. The van der Waals surface area contributed by atoms with Gasteiger partial charge in [-0.3, -0.25) is 0 Å². The molecule has 1 aliphatic rings. The highest BCUT2D eigenvalue weighted by Gasteiger charge is 2.22. The number of ether oxygens (including phenoxy) is 1. The lowest BCUT2D eigenvalue weighted by atomic mass is 9.94. The van der Waals surface area contributed by atoms with E-state index >= 15 is 0 Å². The fourth-order valence-electron chi connectivity index (χ4n) is 2.57. The van der Waals surface area contributed by atoms with Gasteiger partial charge in [0, 0.05) is 12.6 Å². The summed E-state index contributed by atoms with van der Waals surface area (Å²) in [6.07, 6.45) is 2.06. The van der Waals surface area contributed by atoms with Crippen molar-refractivity contribution < 1.29 is 4.74 Å². The summed E-state index contributed by atoms with van der Waals surface area (Å²) >= 11 is 0. The Bertz CT molecular complexity index is 518. The maximum Gasteiger partial charge on any atom is 0.0845 e. The number of hydrogen-bond acceptors (Lipinski definition) is 2. The van der Waals surface area contributed by atoms with Gasteiger partial charge in [-0.25, -0.2) is 0 Å². The topological polar surface area (TPSA) is 35.2 Å². The summed E-state index contributed by atoms with van der Waals surface area (Å²) in [6.45, 7) is 0.773. The summed E-state index contributed by atoms with van der Waals surface area (Å²) in [5, 5.41) is 2.56. The van der Waals surface area contributed by atoms with Crippen molar-refractivity contribution in [3.8, 4) is 0 Å². The van der Waals surface area contributed by atoms with Crippen LogP contribution in [0.5, 0.6) is 0 Å². The molecule has 1 heterocycles. The van der Waals surface area contributed by atoms with Gasteiger partial charge in [-0.2, -0.15) is 0 Å². The molecule has 0 spiro atoms. The Balaban J connectivity index is 2.04. The quantitative estimate of drug-likeness (QED) is 0.812. The standard InChI is InChI=1S/C15H17NO/c16-12-8-9-17-15(10-12)14-7-3-5-11-4-1-2-6-13(11)14/h1-7,12,15H,8-10,16H2. The largest absolute Gasteiger partial charge is 0.373 e. The second kappa shape index (κ2) is 4.47. The summed E-state index contributed by atoms with van der Waals surface area (Å²) in [6, 6.07) is 15.1. The monoisotopic (exact) mass is 227 g/mol. The van der Waals surface area contributed by atoms with E-state index in [1.807, 2.05) is 0 Å². The second-order valence-electron chi connectivity index (χ2n) is 4.71. The molecule has 17 heavy (non-hydrogen) atoms. The van der Waals surface area contributed by atoms with E-state index in [0.29, 0.717) is 0 Å². The van der Waals surface area contributed by atoms with Gasteiger partial charge in [0.25, 0.3) is 0 Å². The Morgan fingerprint density at radius 3 is 2.76 bits per heavy atom. The van der Waals surface area contributed by atoms with Gasteiger partial charge in [-0.05, 0) is 29.2 Å². The average Bonchev–Trinajstić information content (AvgIpc) is 2.38. The third kappa shape index (κ3) is 2.06. The van der Waals surface area contributed by atoms with E-state index in [9.17, 15) is 0 Å². The number of benzene rings is 2. The SMILES string of the molecule is NC1CCOC(c2cccc3ccccc23)C1. The molecule has 1 fully saturated rings. The van der Waals surface area contributed by atoms with Crippen molar-refractivity contribution in [3.63, 3.8) is 0 Å². The summed E-state index contributed by atoms with van der Waals surface area (Å²) in [5.41, 5.74) is 7.30. The van der Waals surface area contributed by atoms with Crippen LogP contribution >= 0.6 is 0 Å². The van der Waals surface area contributed by atoms with Gasteiger partial charge in [0.1, 0.15) is 0 Å². The van der Waals surface area contributed by atoms with E-state index in [0.717, 1.165) is 19.4 Å². The van der Waals surface area contributed by atoms with Crippen LogP contribution in [0.15, 0.2) is 42.5 Å². The van der Waals surface area contributed by atoms with E-state index in [2.05, 4.69) is 42.5 Å².